The lowest BCUT2D eigenvalue weighted by atomic mass is 9.88. The first-order chi connectivity index (χ1) is 13.5. The third-order valence-corrected chi connectivity index (χ3v) is 5.62. The average Bonchev–Trinajstić information content (AvgIpc) is 2.69. The summed E-state index contributed by atoms with van der Waals surface area (Å²) in [5.41, 5.74) is 2.42. The number of carbonyl (C=O) groups excluding carboxylic acids is 1. The van der Waals surface area contributed by atoms with Gasteiger partial charge in [0, 0.05) is 16.5 Å². The van der Waals surface area contributed by atoms with Crippen molar-refractivity contribution in [1.29, 1.82) is 0 Å². The third kappa shape index (κ3) is 4.01. The van der Waals surface area contributed by atoms with Crippen molar-refractivity contribution in [2.24, 2.45) is 5.92 Å². The Bertz CT molecular complexity index is 1070. The van der Waals surface area contributed by atoms with Gasteiger partial charge in [-0.15, -0.1) is 0 Å². The number of benzene rings is 2. The minimum Gasteiger partial charge on any atom is -0.309 e. The molecule has 3 aromatic rings. The molecule has 0 atom stereocenters. The van der Waals surface area contributed by atoms with E-state index in [0.717, 1.165) is 37.1 Å². The van der Waals surface area contributed by atoms with Gasteiger partial charge in [-0.05, 0) is 51.1 Å². The number of carbonyl (C=O) groups is 1. The topological polar surface area (TPSA) is 66.1 Å². The summed E-state index contributed by atoms with van der Waals surface area (Å²) in [4.78, 5) is 34.7. The van der Waals surface area contributed by atoms with Gasteiger partial charge in [0.15, 0.2) is 5.78 Å². The minimum absolute atomic E-state index is 0.0599. The molecule has 4 rings (SSSR count). The number of hydrogen-bond acceptors (Lipinski definition) is 4. The first kappa shape index (κ1) is 18.8. The van der Waals surface area contributed by atoms with E-state index in [9.17, 15) is 9.59 Å². The molecule has 2 aromatic carbocycles. The molecule has 0 aliphatic carbocycles. The lowest BCUT2D eigenvalue weighted by Gasteiger charge is -2.30. The molecular weight excluding hydrogens is 374 g/mol. The number of likely N-dealkylation sites (tertiary alicyclic amines) is 1. The van der Waals surface area contributed by atoms with Crippen LogP contribution in [0.2, 0.25) is 5.02 Å². The zero-order chi connectivity index (χ0) is 19.7. The van der Waals surface area contributed by atoms with Crippen LogP contribution in [0, 0.1) is 12.8 Å². The van der Waals surface area contributed by atoms with E-state index in [1.165, 1.54) is 0 Å². The number of rotatable bonds is 4. The van der Waals surface area contributed by atoms with Gasteiger partial charge in [0.05, 0.1) is 17.4 Å². The van der Waals surface area contributed by atoms with Crippen LogP contribution < -0.4 is 5.56 Å². The number of nitrogens with zero attached hydrogens (tertiary/aromatic N) is 2. The molecule has 144 valence electrons. The first-order valence-electron chi connectivity index (χ1n) is 9.51. The van der Waals surface area contributed by atoms with Gasteiger partial charge in [-0.3, -0.25) is 14.5 Å². The molecule has 2 heterocycles. The molecule has 0 unspecified atom stereocenters. The van der Waals surface area contributed by atoms with E-state index < -0.39 is 0 Å². The van der Waals surface area contributed by atoms with Gasteiger partial charge in [-0.2, -0.15) is 0 Å². The lowest BCUT2D eigenvalue weighted by molar-refractivity contribution is 0.0833. The Balaban J connectivity index is 1.41. The first-order valence-corrected chi connectivity index (χ1v) is 9.89. The fraction of sp³-hybridized carbons (Fsp3) is 0.318. The molecule has 0 radical (unpaired) electrons. The van der Waals surface area contributed by atoms with Crippen molar-refractivity contribution in [1.82, 2.24) is 14.9 Å². The Morgan fingerprint density at radius 3 is 2.61 bits per heavy atom. The van der Waals surface area contributed by atoms with E-state index in [2.05, 4.69) is 14.9 Å². The molecule has 1 aliphatic rings. The zero-order valence-electron chi connectivity index (χ0n) is 15.7. The van der Waals surface area contributed by atoms with Gasteiger partial charge in [-0.1, -0.05) is 41.4 Å². The number of Topliss-reactive ketones (excluding diaryl/α,β-unsaturated/α-hetero) is 1. The van der Waals surface area contributed by atoms with Crippen molar-refractivity contribution in [2.45, 2.75) is 26.3 Å². The summed E-state index contributed by atoms with van der Waals surface area (Å²) in [5.74, 6) is 0.932. The number of aryl methyl sites for hydroxylation is 1. The maximum absolute atomic E-state index is 12.7. The summed E-state index contributed by atoms with van der Waals surface area (Å²) in [6.45, 7) is 4.21. The second-order valence-corrected chi connectivity index (χ2v) is 7.89. The van der Waals surface area contributed by atoms with E-state index in [0.29, 0.717) is 28.3 Å². The molecule has 1 N–H and O–H groups in total. The molecule has 0 spiro atoms. The van der Waals surface area contributed by atoms with E-state index in [1.807, 2.05) is 31.2 Å². The van der Waals surface area contributed by atoms with Crippen molar-refractivity contribution >= 4 is 28.3 Å². The SMILES string of the molecule is Cc1ccc(C(=O)C2CCN(Cc3nc4ccc(Cl)cc4c(=O)[nH]3)CC2)cc1. The van der Waals surface area contributed by atoms with Crippen molar-refractivity contribution in [2.75, 3.05) is 13.1 Å². The second kappa shape index (κ2) is 7.86. The predicted octanol–water partition coefficient (Wildman–Crippen LogP) is 3.98. The Kier molecular flexibility index (Phi) is 5.29. The number of nitrogens with one attached hydrogen (secondary N) is 1. The highest BCUT2D eigenvalue weighted by atomic mass is 35.5. The average molecular weight is 396 g/mol. The summed E-state index contributed by atoms with van der Waals surface area (Å²) in [5, 5.41) is 1.02. The number of piperidine rings is 1. The van der Waals surface area contributed by atoms with Crippen LogP contribution in [0.3, 0.4) is 0 Å². The molecule has 1 saturated heterocycles. The van der Waals surface area contributed by atoms with Crippen LogP contribution in [0.1, 0.15) is 34.6 Å². The quantitative estimate of drug-likeness (QED) is 0.678. The molecule has 6 heteroatoms. The highest BCUT2D eigenvalue weighted by Gasteiger charge is 2.26. The number of aromatic amines is 1. The van der Waals surface area contributed by atoms with Crippen LogP contribution in [0.15, 0.2) is 47.3 Å². The van der Waals surface area contributed by atoms with Crippen molar-refractivity contribution in [3.63, 3.8) is 0 Å². The van der Waals surface area contributed by atoms with Gasteiger partial charge in [0.25, 0.3) is 5.56 Å². The van der Waals surface area contributed by atoms with Crippen LogP contribution in [-0.2, 0) is 6.54 Å². The Morgan fingerprint density at radius 2 is 1.89 bits per heavy atom. The number of ketones is 1. The van der Waals surface area contributed by atoms with Gasteiger partial charge in [-0.25, -0.2) is 4.98 Å². The monoisotopic (exact) mass is 395 g/mol. The molecule has 5 nitrogen and oxygen atoms in total. The Morgan fingerprint density at radius 1 is 1.18 bits per heavy atom. The van der Waals surface area contributed by atoms with Gasteiger partial charge >= 0.3 is 0 Å². The molecule has 1 fully saturated rings. The molecule has 0 amide bonds. The predicted molar refractivity (Wildman–Crippen MR) is 111 cm³/mol. The summed E-state index contributed by atoms with van der Waals surface area (Å²) in [6, 6.07) is 12.9. The van der Waals surface area contributed by atoms with E-state index in [1.54, 1.807) is 18.2 Å². The van der Waals surface area contributed by atoms with Crippen molar-refractivity contribution < 1.29 is 4.79 Å². The van der Waals surface area contributed by atoms with Gasteiger partial charge in [0.1, 0.15) is 5.82 Å². The Labute approximate surface area is 168 Å². The summed E-state index contributed by atoms with van der Waals surface area (Å²) < 4.78 is 0. The molecule has 0 bridgehead atoms. The number of aromatic nitrogens is 2. The summed E-state index contributed by atoms with van der Waals surface area (Å²) in [6.07, 6.45) is 1.64. The van der Waals surface area contributed by atoms with Crippen LogP contribution in [0.5, 0.6) is 0 Å². The minimum atomic E-state index is -0.174. The van der Waals surface area contributed by atoms with Crippen molar-refractivity contribution in [3.05, 3.63) is 74.8 Å². The zero-order valence-corrected chi connectivity index (χ0v) is 16.5. The molecule has 28 heavy (non-hydrogen) atoms. The molecular formula is C22H22ClN3O2. The highest BCUT2D eigenvalue weighted by molar-refractivity contribution is 6.31. The van der Waals surface area contributed by atoms with Gasteiger partial charge in [0.2, 0.25) is 0 Å². The van der Waals surface area contributed by atoms with Crippen LogP contribution in [0.25, 0.3) is 10.9 Å². The fourth-order valence-electron chi connectivity index (χ4n) is 3.75. The molecule has 0 saturated carbocycles. The third-order valence-electron chi connectivity index (χ3n) is 5.38. The maximum Gasteiger partial charge on any atom is 0.258 e. The van der Waals surface area contributed by atoms with Crippen molar-refractivity contribution in [3.8, 4) is 0 Å². The summed E-state index contributed by atoms with van der Waals surface area (Å²) in [7, 11) is 0. The largest absolute Gasteiger partial charge is 0.309 e. The fourth-order valence-corrected chi connectivity index (χ4v) is 3.92. The Hall–Kier alpha value is -2.50. The number of H-pyrrole nitrogens is 1. The number of halogens is 1. The normalized spacial score (nSPS) is 15.8. The highest BCUT2D eigenvalue weighted by Crippen LogP contribution is 2.23. The van der Waals surface area contributed by atoms with E-state index in [4.69, 9.17) is 11.6 Å². The van der Waals surface area contributed by atoms with Crippen LogP contribution >= 0.6 is 11.6 Å². The van der Waals surface area contributed by atoms with Crippen LogP contribution in [0.4, 0.5) is 0 Å². The van der Waals surface area contributed by atoms with Gasteiger partial charge < -0.3 is 4.98 Å². The lowest BCUT2D eigenvalue weighted by Crippen LogP contribution is -2.36. The molecule has 1 aromatic heterocycles. The molecule has 1 aliphatic heterocycles. The second-order valence-electron chi connectivity index (χ2n) is 7.45. The van der Waals surface area contributed by atoms with E-state index in [-0.39, 0.29) is 17.3 Å². The number of fused-ring (bicyclic) bond motifs is 1. The summed E-state index contributed by atoms with van der Waals surface area (Å²) >= 11 is 5.96. The van der Waals surface area contributed by atoms with E-state index >= 15 is 0 Å². The number of hydrogen-bond donors (Lipinski definition) is 1. The van der Waals surface area contributed by atoms with Crippen LogP contribution in [-0.4, -0.2) is 33.7 Å². The standard InChI is InChI=1S/C22H22ClN3O2/c1-14-2-4-15(5-3-14)21(27)16-8-10-26(11-9-16)13-20-24-19-7-6-17(23)12-18(19)22(28)25-20/h2-7,12,16H,8-11,13H2,1H3,(H,24,25,28). The smallest absolute Gasteiger partial charge is 0.258 e. The maximum atomic E-state index is 12.7.